The van der Waals surface area contributed by atoms with E-state index in [0.717, 1.165) is 17.7 Å². The van der Waals surface area contributed by atoms with Crippen molar-refractivity contribution >= 4 is 23.6 Å². The van der Waals surface area contributed by atoms with E-state index in [4.69, 9.17) is 5.73 Å². The molecule has 8 heteroatoms. The summed E-state index contributed by atoms with van der Waals surface area (Å²) in [6.45, 7) is 0.484. The summed E-state index contributed by atoms with van der Waals surface area (Å²) >= 11 is 1.60. The molecule has 2 amide bonds. The summed E-state index contributed by atoms with van der Waals surface area (Å²) in [7, 11) is 0. The first-order chi connectivity index (χ1) is 15.0. The van der Waals surface area contributed by atoms with Crippen LogP contribution in [0.3, 0.4) is 0 Å². The van der Waals surface area contributed by atoms with Crippen LogP contribution in [0, 0.1) is 5.82 Å². The highest BCUT2D eigenvalue weighted by molar-refractivity contribution is 7.99. The summed E-state index contributed by atoms with van der Waals surface area (Å²) in [6.07, 6.45) is 2.18. The number of nitrogens with one attached hydrogen (secondary N) is 3. The third kappa shape index (κ3) is 7.65. The molecule has 166 valence electrons. The molecule has 0 aliphatic carbocycles. The SMILES string of the molecule is NCC(=O)N[C@H]1CN[C@H](C(=O)NC(CCc2ccccc2)CSc2ccc(F)cc2)C1. The van der Waals surface area contributed by atoms with Crippen LogP contribution in [0.15, 0.2) is 59.5 Å². The Bertz CT molecular complexity index is 850. The first kappa shape index (κ1) is 23.2. The number of thioether (sulfide) groups is 1. The monoisotopic (exact) mass is 444 g/mol. The van der Waals surface area contributed by atoms with Gasteiger partial charge in [0.25, 0.3) is 0 Å². The lowest BCUT2D eigenvalue weighted by molar-refractivity contribution is -0.124. The number of amides is 2. The summed E-state index contributed by atoms with van der Waals surface area (Å²) < 4.78 is 13.2. The maximum Gasteiger partial charge on any atom is 0.237 e. The van der Waals surface area contributed by atoms with Crippen molar-refractivity contribution in [3.63, 3.8) is 0 Å². The number of benzene rings is 2. The topological polar surface area (TPSA) is 96.2 Å². The Balaban J connectivity index is 1.56. The Morgan fingerprint density at radius 1 is 1.16 bits per heavy atom. The van der Waals surface area contributed by atoms with Crippen molar-refractivity contribution in [1.29, 1.82) is 0 Å². The van der Waals surface area contributed by atoms with E-state index in [1.54, 1.807) is 23.9 Å². The molecule has 1 aliphatic rings. The van der Waals surface area contributed by atoms with Gasteiger partial charge in [0.15, 0.2) is 0 Å². The molecule has 6 nitrogen and oxygen atoms in total. The Kier molecular flexibility index (Phi) is 8.87. The highest BCUT2D eigenvalue weighted by Crippen LogP contribution is 2.21. The van der Waals surface area contributed by atoms with Crippen molar-refractivity contribution in [1.82, 2.24) is 16.0 Å². The fourth-order valence-electron chi connectivity index (χ4n) is 3.54. The van der Waals surface area contributed by atoms with E-state index in [1.165, 1.54) is 17.7 Å². The van der Waals surface area contributed by atoms with Gasteiger partial charge in [0, 0.05) is 29.3 Å². The van der Waals surface area contributed by atoms with Crippen LogP contribution in [0.5, 0.6) is 0 Å². The van der Waals surface area contributed by atoms with Crippen molar-refractivity contribution in [3.05, 3.63) is 66.0 Å². The third-order valence-corrected chi connectivity index (χ3v) is 6.41. The second-order valence-electron chi connectivity index (χ2n) is 7.66. The zero-order valence-electron chi connectivity index (χ0n) is 17.4. The van der Waals surface area contributed by atoms with Crippen molar-refractivity contribution in [2.45, 2.75) is 42.3 Å². The molecular formula is C23H29FN4O2S. The van der Waals surface area contributed by atoms with Crippen LogP contribution in [-0.4, -0.2) is 48.8 Å². The average Bonchev–Trinajstić information content (AvgIpc) is 3.26. The van der Waals surface area contributed by atoms with Gasteiger partial charge in [0.2, 0.25) is 11.8 Å². The van der Waals surface area contributed by atoms with Gasteiger partial charge in [-0.2, -0.15) is 0 Å². The summed E-state index contributed by atoms with van der Waals surface area (Å²) in [4.78, 5) is 25.3. The van der Waals surface area contributed by atoms with Gasteiger partial charge in [-0.15, -0.1) is 11.8 Å². The van der Waals surface area contributed by atoms with E-state index in [2.05, 4.69) is 28.1 Å². The molecule has 3 rings (SSSR count). The average molecular weight is 445 g/mol. The zero-order valence-corrected chi connectivity index (χ0v) is 18.2. The molecule has 5 N–H and O–H groups in total. The van der Waals surface area contributed by atoms with Crippen molar-refractivity contribution in [2.75, 3.05) is 18.8 Å². The summed E-state index contributed by atoms with van der Waals surface area (Å²) in [6, 6.07) is 16.1. The number of halogens is 1. The maximum absolute atomic E-state index is 13.2. The fourth-order valence-corrected chi connectivity index (χ4v) is 4.52. The molecule has 1 fully saturated rings. The lowest BCUT2D eigenvalue weighted by Gasteiger charge is -2.21. The number of carbonyl (C=O) groups is 2. The van der Waals surface area contributed by atoms with Gasteiger partial charge in [-0.05, 0) is 49.1 Å². The van der Waals surface area contributed by atoms with E-state index in [1.807, 2.05) is 18.2 Å². The maximum atomic E-state index is 13.2. The first-order valence-corrected chi connectivity index (χ1v) is 11.5. The Morgan fingerprint density at radius 3 is 2.61 bits per heavy atom. The van der Waals surface area contributed by atoms with Crippen LogP contribution < -0.4 is 21.7 Å². The van der Waals surface area contributed by atoms with Crippen LogP contribution in [0.2, 0.25) is 0 Å². The predicted molar refractivity (Wildman–Crippen MR) is 121 cm³/mol. The standard InChI is InChI=1S/C23H29FN4O2S/c24-17-7-10-20(11-8-17)31-15-18(9-6-16-4-2-1-3-5-16)28-23(30)21-12-19(14-26-21)27-22(29)13-25/h1-5,7-8,10-11,18-19,21,26H,6,9,12-15,25H2,(H,27,29)(H,28,30)/t18?,19-,21+/m1/s1. The molecule has 2 aromatic rings. The lowest BCUT2D eigenvalue weighted by atomic mass is 10.1. The summed E-state index contributed by atoms with van der Waals surface area (Å²) in [5, 5.41) is 9.17. The minimum absolute atomic E-state index is 0.0396. The number of rotatable bonds is 10. The molecule has 1 saturated heterocycles. The Morgan fingerprint density at radius 2 is 1.90 bits per heavy atom. The van der Waals surface area contributed by atoms with Gasteiger partial charge in [-0.3, -0.25) is 9.59 Å². The lowest BCUT2D eigenvalue weighted by Crippen LogP contribution is -2.46. The largest absolute Gasteiger partial charge is 0.351 e. The van der Waals surface area contributed by atoms with E-state index >= 15 is 0 Å². The molecule has 2 aromatic carbocycles. The normalized spacial score (nSPS) is 19.0. The van der Waals surface area contributed by atoms with Crippen molar-refractivity contribution < 1.29 is 14.0 Å². The van der Waals surface area contributed by atoms with Crippen molar-refractivity contribution in [2.24, 2.45) is 5.73 Å². The third-order valence-electron chi connectivity index (χ3n) is 5.23. The Hall–Kier alpha value is -2.42. The molecule has 0 aromatic heterocycles. The molecular weight excluding hydrogens is 415 g/mol. The second-order valence-corrected chi connectivity index (χ2v) is 8.75. The molecule has 1 unspecified atom stereocenters. The minimum Gasteiger partial charge on any atom is -0.351 e. The van der Waals surface area contributed by atoms with Gasteiger partial charge >= 0.3 is 0 Å². The summed E-state index contributed by atoms with van der Waals surface area (Å²) in [5.41, 5.74) is 6.57. The molecule has 0 spiro atoms. The number of hydrogen-bond donors (Lipinski definition) is 4. The molecule has 1 heterocycles. The molecule has 0 radical (unpaired) electrons. The van der Waals surface area contributed by atoms with Crippen molar-refractivity contribution in [3.8, 4) is 0 Å². The smallest absolute Gasteiger partial charge is 0.237 e. The molecule has 3 atom stereocenters. The molecule has 0 saturated carbocycles. The number of carbonyl (C=O) groups excluding carboxylic acids is 2. The predicted octanol–water partition coefficient (Wildman–Crippen LogP) is 1.84. The number of hydrogen-bond acceptors (Lipinski definition) is 5. The Labute approximate surface area is 186 Å². The van der Waals surface area contributed by atoms with Crippen LogP contribution in [0.4, 0.5) is 4.39 Å². The highest BCUT2D eigenvalue weighted by atomic mass is 32.2. The van der Waals surface area contributed by atoms with E-state index in [9.17, 15) is 14.0 Å². The van der Waals surface area contributed by atoms with E-state index in [0.29, 0.717) is 18.7 Å². The molecule has 1 aliphatic heterocycles. The van der Waals surface area contributed by atoms with Gasteiger partial charge in [0.1, 0.15) is 5.82 Å². The number of nitrogens with two attached hydrogens (primary N) is 1. The van der Waals surface area contributed by atoms with Crippen LogP contribution in [0.25, 0.3) is 0 Å². The van der Waals surface area contributed by atoms with E-state index < -0.39 is 0 Å². The van der Waals surface area contributed by atoms with Gasteiger partial charge in [-0.25, -0.2) is 4.39 Å². The van der Waals surface area contributed by atoms with Crippen LogP contribution in [-0.2, 0) is 16.0 Å². The first-order valence-electron chi connectivity index (χ1n) is 10.5. The highest BCUT2D eigenvalue weighted by Gasteiger charge is 2.31. The van der Waals surface area contributed by atoms with Gasteiger partial charge < -0.3 is 21.7 Å². The summed E-state index contributed by atoms with van der Waals surface area (Å²) in [5.74, 6) is 0.137. The van der Waals surface area contributed by atoms with E-state index in [-0.39, 0.29) is 42.3 Å². The van der Waals surface area contributed by atoms with Crippen LogP contribution >= 0.6 is 11.8 Å². The number of aryl methyl sites for hydroxylation is 1. The fraction of sp³-hybridized carbons (Fsp3) is 0.391. The molecule has 31 heavy (non-hydrogen) atoms. The second kappa shape index (κ2) is 11.8. The quantitative estimate of drug-likeness (QED) is 0.420. The van der Waals surface area contributed by atoms with Crippen LogP contribution in [0.1, 0.15) is 18.4 Å². The van der Waals surface area contributed by atoms with Gasteiger partial charge in [0.05, 0.1) is 12.6 Å². The molecule has 0 bridgehead atoms. The minimum atomic E-state index is -0.349. The zero-order chi connectivity index (χ0) is 22.1. The van der Waals surface area contributed by atoms with Gasteiger partial charge in [-0.1, -0.05) is 30.3 Å².